The van der Waals surface area contributed by atoms with E-state index in [2.05, 4.69) is 16.6 Å². The largest absolute Gasteiger partial charge is 0.481 e. The number of terminal acetylenes is 1. The Morgan fingerprint density at radius 2 is 1.79 bits per heavy atom. The molecule has 2 aromatic rings. The van der Waals surface area contributed by atoms with Gasteiger partial charge in [0.2, 0.25) is 0 Å². The molecule has 0 saturated carbocycles. The van der Waals surface area contributed by atoms with E-state index in [1.54, 1.807) is 43.3 Å². The van der Waals surface area contributed by atoms with Crippen LogP contribution in [-0.4, -0.2) is 24.5 Å². The van der Waals surface area contributed by atoms with Crippen LogP contribution in [0.4, 0.5) is 5.69 Å². The minimum atomic E-state index is -0.714. The van der Waals surface area contributed by atoms with Gasteiger partial charge in [0.15, 0.2) is 6.10 Å². The SMILES string of the molecule is C#CCNC(=O)c1ccccc1NC(=O)C(C)Oc1ccccc1. The summed E-state index contributed by atoms with van der Waals surface area (Å²) in [5.41, 5.74) is 0.744. The third-order valence-corrected chi connectivity index (χ3v) is 3.21. The van der Waals surface area contributed by atoms with Crippen molar-refractivity contribution in [3.05, 3.63) is 60.2 Å². The number of carbonyl (C=O) groups excluding carboxylic acids is 2. The number of hydrogen-bond donors (Lipinski definition) is 2. The van der Waals surface area contributed by atoms with Crippen LogP contribution in [0.2, 0.25) is 0 Å². The fourth-order valence-corrected chi connectivity index (χ4v) is 2.01. The Kier molecular flexibility index (Phi) is 5.98. The molecule has 0 aliphatic carbocycles. The zero-order valence-corrected chi connectivity index (χ0v) is 13.3. The molecule has 0 fully saturated rings. The van der Waals surface area contributed by atoms with Crippen LogP contribution in [-0.2, 0) is 4.79 Å². The lowest BCUT2D eigenvalue weighted by molar-refractivity contribution is -0.122. The third kappa shape index (κ3) is 4.62. The van der Waals surface area contributed by atoms with E-state index in [0.29, 0.717) is 17.0 Å². The molecule has 0 aliphatic rings. The van der Waals surface area contributed by atoms with Crippen LogP contribution >= 0.6 is 0 Å². The van der Waals surface area contributed by atoms with Gasteiger partial charge in [-0.05, 0) is 31.2 Å². The summed E-state index contributed by atoms with van der Waals surface area (Å²) < 4.78 is 5.57. The topological polar surface area (TPSA) is 67.4 Å². The van der Waals surface area contributed by atoms with Crippen molar-refractivity contribution >= 4 is 17.5 Å². The van der Waals surface area contributed by atoms with E-state index in [-0.39, 0.29) is 18.4 Å². The first-order valence-corrected chi connectivity index (χ1v) is 7.45. The molecule has 2 N–H and O–H groups in total. The second kappa shape index (κ2) is 8.39. The molecule has 5 heteroatoms. The average molecular weight is 322 g/mol. The van der Waals surface area contributed by atoms with E-state index in [9.17, 15) is 9.59 Å². The highest BCUT2D eigenvalue weighted by Gasteiger charge is 2.18. The molecule has 0 saturated heterocycles. The minimum absolute atomic E-state index is 0.120. The summed E-state index contributed by atoms with van der Waals surface area (Å²) in [7, 11) is 0. The lowest BCUT2D eigenvalue weighted by atomic mass is 10.1. The van der Waals surface area contributed by atoms with Crippen molar-refractivity contribution in [1.82, 2.24) is 5.32 Å². The normalized spacial score (nSPS) is 11.0. The van der Waals surface area contributed by atoms with E-state index < -0.39 is 6.10 Å². The van der Waals surface area contributed by atoms with Gasteiger partial charge in [-0.25, -0.2) is 0 Å². The van der Waals surface area contributed by atoms with Crippen molar-refractivity contribution in [2.45, 2.75) is 13.0 Å². The number of carbonyl (C=O) groups is 2. The van der Waals surface area contributed by atoms with Crippen LogP contribution in [0.25, 0.3) is 0 Å². The quantitative estimate of drug-likeness (QED) is 0.803. The number of ether oxygens (including phenoxy) is 1. The second-order valence-corrected chi connectivity index (χ2v) is 4.99. The number of anilines is 1. The first-order valence-electron chi connectivity index (χ1n) is 7.45. The molecular formula is C19H18N2O3. The molecule has 0 spiro atoms. The summed E-state index contributed by atoms with van der Waals surface area (Å²) in [4.78, 5) is 24.4. The van der Waals surface area contributed by atoms with Gasteiger partial charge >= 0.3 is 0 Å². The van der Waals surface area contributed by atoms with Crippen LogP contribution in [0.15, 0.2) is 54.6 Å². The number of hydrogen-bond acceptors (Lipinski definition) is 3. The van der Waals surface area contributed by atoms with Gasteiger partial charge in [0.25, 0.3) is 11.8 Å². The summed E-state index contributed by atoms with van der Waals surface area (Å²) >= 11 is 0. The van der Waals surface area contributed by atoms with Crippen molar-refractivity contribution in [2.75, 3.05) is 11.9 Å². The van der Waals surface area contributed by atoms with E-state index in [0.717, 1.165) is 0 Å². The highest BCUT2D eigenvalue weighted by Crippen LogP contribution is 2.17. The molecule has 2 amide bonds. The highest BCUT2D eigenvalue weighted by atomic mass is 16.5. The van der Waals surface area contributed by atoms with Gasteiger partial charge in [-0.1, -0.05) is 36.3 Å². The molecule has 2 aromatic carbocycles. The molecule has 122 valence electrons. The maximum absolute atomic E-state index is 12.3. The van der Waals surface area contributed by atoms with Gasteiger partial charge in [-0.3, -0.25) is 9.59 Å². The lowest BCUT2D eigenvalue weighted by Crippen LogP contribution is -2.31. The van der Waals surface area contributed by atoms with Crippen molar-refractivity contribution in [3.63, 3.8) is 0 Å². The molecule has 2 rings (SSSR count). The van der Waals surface area contributed by atoms with Crippen molar-refractivity contribution in [3.8, 4) is 18.1 Å². The minimum Gasteiger partial charge on any atom is -0.481 e. The maximum Gasteiger partial charge on any atom is 0.265 e. The summed E-state index contributed by atoms with van der Waals surface area (Å²) in [5.74, 6) is 2.23. The molecule has 24 heavy (non-hydrogen) atoms. The fraction of sp³-hybridized carbons (Fsp3) is 0.158. The van der Waals surface area contributed by atoms with Crippen molar-refractivity contribution < 1.29 is 14.3 Å². The van der Waals surface area contributed by atoms with Gasteiger partial charge in [-0.2, -0.15) is 0 Å². The summed E-state index contributed by atoms with van der Waals surface area (Å²) in [6, 6.07) is 15.8. The van der Waals surface area contributed by atoms with E-state index >= 15 is 0 Å². The Labute approximate surface area is 141 Å². The van der Waals surface area contributed by atoms with Gasteiger partial charge in [0.1, 0.15) is 5.75 Å². The number of para-hydroxylation sites is 2. The predicted octanol–water partition coefficient (Wildman–Crippen LogP) is 2.46. The summed E-state index contributed by atoms with van der Waals surface area (Å²) in [6.07, 6.45) is 4.42. The van der Waals surface area contributed by atoms with Crippen LogP contribution in [0.5, 0.6) is 5.75 Å². The number of benzene rings is 2. The molecule has 5 nitrogen and oxygen atoms in total. The Bertz CT molecular complexity index is 751. The first-order chi connectivity index (χ1) is 11.6. The number of nitrogens with one attached hydrogen (secondary N) is 2. The molecule has 0 aromatic heterocycles. The Balaban J connectivity index is 2.06. The second-order valence-electron chi connectivity index (χ2n) is 4.99. The zero-order valence-electron chi connectivity index (χ0n) is 13.3. The van der Waals surface area contributed by atoms with Crippen LogP contribution in [0.1, 0.15) is 17.3 Å². The lowest BCUT2D eigenvalue weighted by Gasteiger charge is -2.16. The van der Waals surface area contributed by atoms with E-state index in [1.807, 2.05) is 18.2 Å². The fourth-order valence-electron chi connectivity index (χ4n) is 2.01. The Hall–Kier alpha value is -3.26. The van der Waals surface area contributed by atoms with E-state index in [4.69, 9.17) is 11.2 Å². The summed E-state index contributed by atoms with van der Waals surface area (Å²) in [6.45, 7) is 1.76. The van der Waals surface area contributed by atoms with Gasteiger partial charge in [-0.15, -0.1) is 6.42 Å². The monoisotopic (exact) mass is 322 g/mol. The number of rotatable bonds is 6. The molecule has 0 heterocycles. The van der Waals surface area contributed by atoms with Crippen LogP contribution in [0, 0.1) is 12.3 Å². The maximum atomic E-state index is 12.3. The van der Waals surface area contributed by atoms with E-state index in [1.165, 1.54) is 0 Å². The molecule has 0 aliphatic heterocycles. The van der Waals surface area contributed by atoms with Gasteiger partial charge in [0.05, 0.1) is 17.8 Å². The Morgan fingerprint density at radius 1 is 1.12 bits per heavy atom. The smallest absolute Gasteiger partial charge is 0.265 e. The Morgan fingerprint density at radius 3 is 2.50 bits per heavy atom. The summed E-state index contributed by atoms with van der Waals surface area (Å²) in [5, 5.41) is 5.29. The molecule has 0 bridgehead atoms. The van der Waals surface area contributed by atoms with Crippen molar-refractivity contribution in [2.24, 2.45) is 0 Å². The van der Waals surface area contributed by atoms with Gasteiger partial charge < -0.3 is 15.4 Å². The first kappa shape index (κ1) is 17.1. The zero-order chi connectivity index (χ0) is 17.4. The highest BCUT2D eigenvalue weighted by molar-refractivity contribution is 6.04. The standard InChI is InChI=1S/C19H18N2O3/c1-3-13-20-19(23)16-11-7-8-12-17(16)21-18(22)14(2)24-15-9-5-4-6-10-15/h1,4-12,14H,13H2,2H3,(H,20,23)(H,21,22). The van der Waals surface area contributed by atoms with Crippen LogP contribution < -0.4 is 15.4 Å². The predicted molar refractivity (Wildman–Crippen MR) is 92.8 cm³/mol. The number of amides is 2. The molecular weight excluding hydrogens is 304 g/mol. The van der Waals surface area contributed by atoms with Crippen molar-refractivity contribution in [1.29, 1.82) is 0 Å². The molecule has 1 unspecified atom stereocenters. The van der Waals surface area contributed by atoms with Crippen LogP contribution in [0.3, 0.4) is 0 Å². The third-order valence-electron chi connectivity index (χ3n) is 3.21. The molecule has 1 atom stereocenters. The molecule has 0 radical (unpaired) electrons. The average Bonchev–Trinajstić information content (AvgIpc) is 2.61. The van der Waals surface area contributed by atoms with Gasteiger partial charge in [0, 0.05) is 0 Å².